The molecule has 15 nitrogen and oxygen atoms in total. The van der Waals surface area contributed by atoms with Crippen LogP contribution >= 0.6 is 0 Å². The third-order valence-corrected chi connectivity index (χ3v) is 13.1. The first kappa shape index (κ1) is 49.7. The molecule has 7 amide bonds. The summed E-state index contributed by atoms with van der Waals surface area (Å²) in [4.78, 5) is 95.8. The van der Waals surface area contributed by atoms with E-state index in [1.165, 1.54) is 16.5 Å². The Morgan fingerprint density at radius 2 is 1.60 bits per heavy atom. The van der Waals surface area contributed by atoms with Crippen molar-refractivity contribution in [3.8, 4) is 0 Å². The summed E-state index contributed by atoms with van der Waals surface area (Å²) in [5.41, 5.74) is 1.48. The van der Waals surface area contributed by atoms with E-state index < -0.39 is 53.3 Å². The number of Topliss-reactive ketones (excluding diaryl/α,β-unsaturated/α-hetero) is 1. The number of carboxylic acid groups (broad SMARTS) is 1. The monoisotopic (exact) mass is 864 g/mol. The maximum absolute atomic E-state index is 14.5. The molecule has 2 saturated heterocycles. The molecule has 1 aliphatic carbocycles. The Hall–Kier alpha value is -4.95. The van der Waals surface area contributed by atoms with E-state index in [1.807, 2.05) is 57.7 Å². The number of hydrogen-bond donors (Lipinski definition) is 5. The van der Waals surface area contributed by atoms with Crippen molar-refractivity contribution in [2.75, 3.05) is 32.7 Å². The van der Waals surface area contributed by atoms with E-state index in [1.54, 1.807) is 4.90 Å². The number of rotatable bonds is 14. The van der Waals surface area contributed by atoms with Gasteiger partial charge in [0.25, 0.3) is 5.91 Å². The van der Waals surface area contributed by atoms with E-state index in [2.05, 4.69) is 47.8 Å². The van der Waals surface area contributed by atoms with Crippen LogP contribution in [0.25, 0.3) is 0 Å². The number of piperidine rings is 1. The van der Waals surface area contributed by atoms with Gasteiger partial charge in [-0.3, -0.25) is 24.0 Å². The lowest BCUT2D eigenvalue weighted by molar-refractivity contribution is -0.144. The largest absolute Gasteiger partial charge is 0.465 e. The lowest BCUT2D eigenvalue weighted by Gasteiger charge is -2.43. The molecule has 5 N–H and O–H groups in total. The van der Waals surface area contributed by atoms with Crippen LogP contribution in [0.2, 0.25) is 0 Å². The smallest absolute Gasteiger partial charge is 0.407 e. The highest BCUT2D eigenvalue weighted by atomic mass is 16.4. The van der Waals surface area contributed by atoms with Crippen LogP contribution in [0.3, 0.4) is 0 Å². The number of nitrogens with zero attached hydrogens (tertiary/aromatic N) is 3. The third kappa shape index (κ3) is 13.5. The van der Waals surface area contributed by atoms with E-state index in [4.69, 9.17) is 5.11 Å². The van der Waals surface area contributed by atoms with Gasteiger partial charge >= 0.3 is 12.1 Å². The second-order valence-electron chi connectivity index (χ2n) is 19.7. The summed E-state index contributed by atoms with van der Waals surface area (Å²) >= 11 is 0. The van der Waals surface area contributed by atoms with Gasteiger partial charge in [0, 0.05) is 45.7 Å². The zero-order chi connectivity index (χ0) is 45.8. The maximum Gasteiger partial charge on any atom is 0.407 e. The highest BCUT2D eigenvalue weighted by Gasteiger charge is 2.47. The normalized spacial score (nSPS) is 20.9. The molecule has 0 bridgehead atoms. The van der Waals surface area contributed by atoms with Gasteiger partial charge in [0.1, 0.15) is 12.1 Å². The molecule has 4 unspecified atom stereocenters. The van der Waals surface area contributed by atoms with Gasteiger partial charge in [0.2, 0.25) is 23.5 Å². The molecule has 4 aliphatic rings. The van der Waals surface area contributed by atoms with Crippen LogP contribution < -0.4 is 21.3 Å². The summed E-state index contributed by atoms with van der Waals surface area (Å²) in [7, 11) is 0. The number of amides is 7. The molecule has 5 rings (SSSR count). The van der Waals surface area contributed by atoms with E-state index in [0.717, 1.165) is 50.5 Å². The summed E-state index contributed by atoms with van der Waals surface area (Å²) in [6.07, 6.45) is 9.11. The number of benzene rings is 1. The number of ketones is 1. The van der Waals surface area contributed by atoms with Crippen molar-refractivity contribution >= 4 is 41.5 Å². The molecule has 15 heteroatoms. The molecule has 3 heterocycles. The van der Waals surface area contributed by atoms with E-state index in [9.17, 15) is 33.6 Å². The lowest BCUT2D eigenvalue weighted by Crippen LogP contribution is -2.63. The SMILES string of the molecule is C=CCNC(=O)C(=O)C(CCC)NC(=O)C1CCCN1C(=O)C(NC(=O)NC(CN1CCC(C)(C)CC1=O)C(C)(C)C)C1(C)CCCCC1.O=C(O)N1CCc2ccccc2C1. The Balaban J connectivity index is 0.000000547. The number of urea groups is 1. The highest BCUT2D eigenvalue weighted by Crippen LogP contribution is 2.40. The van der Waals surface area contributed by atoms with Crippen molar-refractivity contribution in [1.29, 1.82) is 0 Å². The lowest BCUT2D eigenvalue weighted by atomic mass is 9.70. The fourth-order valence-electron chi connectivity index (χ4n) is 9.00. The number of fused-ring (bicyclic) bond motifs is 1. The highest BCUT2D eigenvalue weighted by molar-refractivity contribution is 6.38. The minimum Gasteiger partial charge on any atom is -0.465 e. The predicted molar refractivity (Wildman–Crippen MR) is 238 cm³/mol. The Bertz CT molecular complexity index is 1780. The van der Waals surface area contributed by atoms with Gasteiger partial charge in [-0.1, -0.05) is 104 Å². The van der Waals surface area contributed by atoms with Crippen molar-refractivity contribution < 1.29 is 38.7 Å². The second kappa shape index (κ2) is 21.9. The molecule has 0 aromatic heterocycles. The fraction of sp³-hybridized carbons (Fsp3) is 0.681. The first-order chi connectivity index (χ1) is 29.2. The molecule has 1 aromatic rings. The van der Waals surface area contributed by atoms with Gasteiger partial charge < -0.3 is 41.1 Å². The first-order valence-corrected chi connectivity index (χ1v) is 22.6. The van der Waals surface area contributed by atoms with Crippen LogP contribution in [0.4, 0.5) is 9.59 Å². The number of nitrogens with one attached hydrogen (secondary N) is 4. The van der Waals surface area contributed by atoms with Crippen molar-refractivity contribution in [3.63, 3.8) is 0 Å². The minimum atomic E-state index is -1.01. The van der Waals surface area contributed by atoms with Gasteiger partial charge in [-0.2, -0.15) is 0 Å². The van der Waals surface area contributed by atoms with Crippen molar-refractivity contribution in [2.24, 2.45) is 16.2 Å². The van der Waals surface area contributed by atoms with Gasteiger partial charge in [-0.25, -0.2) is 9.59 Å². The van der Waals surface area contributed by atoms with Gasteiger partial charge in [0.15, 0.2) is 0 Å². The molecule has 344 valence electrons. The van der Waals surface area contributed by atoms with Crippen molar-refractivity contribution in [1.82, 2.24) is 36.0 Å². The van der Waals surface area contributed by atoms with E-state index >= 15 is 0 Å². The Kier molecular flexibility index (Phi) is 17.6. The first-order valence-electron chi connectivity index (χ1n) is 22.6. The summed E-state index contributed by atoms with van der Waals surface area (Å²) in [5, 5.41) is 20.2. The molecular weight excluding hydrogens is 791 g/mol. The zero-order valence-electron chi connectivity index (χ0n) is 38.3. The quantitative estimate of drug-likeness (QED) is 0.118. The fourth-order valence-corrected chi connectivity index (χ4v) is 9.00. The number of hydrogen-bond acceptors (Lipinski definition) is 7. The number of carbonyl (C=O) groups excluding carboxylic acids is 6. The molecule has 0 spiro atoms. The molecule has 62 heavy (non-hydrogen) atoms. The average Bonchev–Trinajstić information content (AvgIpc) is 3.72. The number of carbonyl (C=O) groups is 7. The molecular formula is C47H73N7O8. The van der Waals surface area contributed by atoms with Crippen molar-refractivity contribution in [3.05, 3.63) is 48.0 Å². The standard InChI is InChI=1S/C37H62N6O6.C10H11NO2/c1-9-15-25(29(45)32(47)38-20-10-2)39-31(46)26-16-14-21-43(26)33(48)30(37(8)17-12-11-13-18-37)41-34(49)40-27(35(3,4)5)24-42-22-19-36(6,7)23-28(42)44;12-10(13)11-6-5-8-3-1-2-4-9(8)7-11/h10,25-27,30H,2,9,11-24H2,1,3-8H3,(H,38,47)(H,39,46)(H2,40,41,49);1-4H,5-7H2,(H,12,13). The molecule has 1 aromatic carbocycles. The van der Waals surface area contributed by atoms with Crippen LogP contribution in [0.1, 0.15) is 130 Å². The van der Waals surface area contributed by atoms with E-state index in [0.29, 0.717) is 58.4 Å². The minimum absolute atomic E-state index is 0.0462. The molecule has 1 saturated carbocycles. The van der Waals surface area contributed by atoms with Crippen LogP contribution in [-0.2, 0) is 36.9 Å². The summed E-state index contributed by atoms with van der Waals surface area (Å²) in [5.74, 6) is -2.25. The molecule has 3 aliphatic heterocycles. The van der Waals surface area contributed by atoms with Gasteiger partial charge in [-0.15, -0.1) is 6.58 Å². The van der Waals surface area contributed by atoms with Crippen LogP contribution in [-0.4, -0.2) is 118 Å². The molecule has 4 atom stereocenters. The summed E-state index contributed by atoms with van der Waals surface area (Å²) < 4.78 is 0. The summed E-state index contributed by atoms with van der Waals surface area (Å²) in [6.45, 7) is 20.3. The maximum atomic E-state index is 14.5. The molecule has 3 fully saturated rings. The average molecular weight is 864 g/mol. The van der Waals surface area contributed by atoms with Gasteiger partial charge in [-0.05, 0) is 72.3 Å². The third-order valence-electron chi connectivity index (χ3n) is 13.1. The van der Waals surface area contributed by atoms with Crippen molar-refractivity contribution in [2.45, 2.75) is 156 Å². The zero-order valence-corrected chi connectivity index (χ0v) is 38.3. The summed E-state index contributed by atoms with van der Waals surface area (Å²) in [6, 6.07) is 4.44. The Morgan fingerprint density at radius 1 is 0.919 bits per heavy atom. The second-order valence-corrected chi connectivity index (χ2v) is 19.7. The number of likely N-dealkylation sites (tertiary alicyclic amines) is 2. The van der Waals surface area contributed by atoms with Crippen LogP contribution in [0.15, 0.2) is 36.9 Å². The van der Waals surface area contributed by atoms with Crippen LogP contribution in [0, 0.1) is 16.2 Å². The Labute approximate surface area is 368 Å². The predicted octanol–water partition coefficient (Wildman–Crippen LogP) is 5.56. The molecule has 0 radical (unpaired) electrons. The Morgan fingerprint density at radius 3 is 2.21 bits per heavy atom. The van der Waals surface area contributed by atoms with Crippen LogP contribution in [0.5, 0.6) is 0 Å². The van der Waals surface area contributed by atoms with E-state index in [-0.39, 0.29) is 41.7 Å². The topological polar surface area (TPSA) is 198 Å². The van der Waals surface area contributed by atoms with Gasteiger partial charge in [0.05, 0.1) is 12.1 Å².